The van der Waals surface area contributed by atoms with E-state index >= 15 is 0 Å². The van der Waals surface area contributed by atoms with Gasteiger partial charge in [-0.2, -0.15) is 0 Å². The van der Waals surface area contributed by atoms with Gasteiger partial charge in [-0.1, -0.05) is 17.7 Å². The lowest BCUT2D eigenvalue weighted by Crippen LogP contribution is -2.72. The van der Waals surface area contributed by atoms with Gasteiger partial charge in [-0.25, -0.2) is 0 Å². The highest BCUT2D eigenvalue weighted by atomic mass is 16.6. The van der Waals surface area contributed by atoms with E-state index in [1.165, 1.54) is 12.1 Å². The quantitative estimate of drug-likeness (QED) is 0.763. The molecular weight excluding hydrogens is 372 g/mol. The highest BCUT2D eigenvalue weighted by Crippen LogP contribution is 2.67. The maximum Gasteiger partial charge on any atom is 0.196 e. The zero-order valence-electron chi connectivity index (χ0n) is 16.7. The van der Waals surface area contributed by atoms with Gasteiger partial charge < -0.3 is 19.7 Å². The Morgan fingerprint density at radius 3 is 2.79 bits per heavy atom. The number of ketones is 2. The number of Topliss-reactive ketones (excluding diaryl/α,β-unsaturated/α-hetero) is 2. The van der Waals surface area contributed by atoms with Crippen LogP contribution in [0, 0.1) is 11.8 Å². The van der Waals surface area contributed by atoms with Crippen LogP contribution in [-0.4, -0.2) is 45.2 Å². The number of hydrogen-bond acceptors (Lipinski definition) is 6. The third-order valence-electron chi connectivity index (χ3n) is 7.07. The fourth-order valence-corrected chi connectivity index (χ4v) is 5.82. The number of aliphatic hydroxyl groups is 1. The second kappa shape index (κ2) is 5.58. The fourth-order valence-electron chi connectivity index (χ4n) is 5.82. The maximum atomic E-state index is 13.6. The molecule has 0 amide bonds. The summed E-state index contributed by atoms with van der Waals surface area (Å²) >= 11 is 0. The van der Waals surface area contributed by atoms with E-state index in [0.717, 1.165) is 5.57 Å². The number of benzene rings is 1. The van der Waals surface area contributed by atoms with Crippen LogP contribution in [0.1, 0.15) is 44.0 Å². The Bertz CT molecular complexity index is 1020. The third kappa shape index (κ3) is 2.08. The smallest absolute Gasteiger partial charge is 0.196 e. The van der Waals surface area contributed by atoms with Crippen molar-refractivity contribution in [2.24, 2.45) is 11.8 Å². The number of carbonyl (C=O) groups is 2. The van der Waals surface area contributed by atoms with Crippen molar-refractivity contribution in [1.29, 1.82) is 0 Å². The molecule has 4 atom stereocenters. The molecule has 6 rings (SSSR count). The number of rotatable bonds is 3. The first-order chi connectivity index (χ1) is 13.7. The van der Waals surface area contributed by atoms with Crippen LogP contribution in [0.5, 0.6) is 11.5 Å². The first-order valence-electron chi connectivity index (χ1n) is 9.96. The van der Waals surface area contributed by atoms with Crippen molar-refractivity contribution in [3.05, 3.63) is 47.1 Å². The number of aliphatic hydroxyl groups excluding tert-OH is 1. The molecule has 5 aliphatic rings. The minimum Gasteiger partial charge on any atom is -0.508 e. The van der Waals surface area contributed by atoms with Crippen LogP contribution in [0.2, 0.25) is 0 Å². The highest BCUT2D eigenvalue weighted by molar-refractivity contribution is 6.16. The lowest BCUT2D eigenvalue weighted by molar-refractivity contribution is -0.171. The van der Waals surface area contributed by atoms with Gasteiger partial charge in [0.05, 0.1) is 17.8 Å². The number of phenolic OH excluding ortho intramolecular Hbond substituents is 1. The van der Waals surface area contributed by atoms with Gasteiger partial charge in [-0.05, 0) is 39.3 Å². The van der Waals surface area contributed by atoms with Crippen LogP contribution < -0.4 is 4.74 Å². The molecule has 2 aliphatic heterocycles. The van der Waals surface area contributed by atoms with Gasteiger partial charge in [0.15, 0.2) is 22.8 Å². The van der Waals surface area contributed by atoms with Crippen molar-refractivity contribution in [1.82, 2.24) is 0 Å². The standard InChI is InChI=1S/C23H24O6/c1-12(11-24)6-7-22-20(27)13-8-16-19(26)15-5-4-14(25)10-17(15)28-23(16,22)18(9-13)21(2,3)29-22/h4-6,8,10,13,18,24-25H,7,9,11H2,1-3H3/b12-6+. The molecule has 3 aliphatic carbocycles. The molecule has 1 aromatic rings. The van der Waals surface area contributed by atoms with Crippen molar-refractivity contribution in [3.8, 4) is 11.5 Å². The summed E-state index contributed by atoms with van der Waals surface area (Å²) in [5.74, 6) is -0.580. The van der Waals surface area contributed by atoms with Gasteiger partial charge in [0.2, 0.25) is 0 Å². The summed E-state index contributed by atoms with van der Waals surface area (Å²) < 4.78 is 13.0. The molecule has 4 unspecified atom stereocenters. The lowest BCUT2D eigenvalue weighted by atomic mass is 9.51. The summed E-state index contributed by atoms with van der Waals surface area (Å²) in [5, 5.41) is 19.4. The van der Waals surface area contributed by atoms with E-state index in [2.05, 4.69) is 0 Å². The number of carbonyl (C=O) groups excluding carboxylic acids is 2. The van der Waals surface area contributed by atoms with Gasteiger partial charge in [0.25, 0.3) is 0 Å². The summed E-state index contributed by atoms with van der Waals surface area (Å²) in [7, 11) is 0. The molecular formula is C23H24O6. The SMILES string of the molecule is C/C(=C\CC12OC(C)(C)C3CC(C=C4C(=O)c5ccc(O)cc5OC431)C2=O)CO. The molecule has 4 bridgehead atoms. The van der Waals surface area contributed by atoms with E-state index in [4.69, 9.17) is 9.47 Å². The fraction of sp³-hybridized carbons (Fsp3) is 0.478. The van der Waals surface area contributed by atoms with Crippen molar-refractivity contribution in [3.63, 3.8) is 0 Å². The molecule has 2 N–H and O–H groups in total. The van der Waals surface area contributed by atoms with Crippen LogP contribution in [0.25, 0.3) is 0 Å². The van der Waals surface area contributed by atoms with Crippen molar-refractivity contribution < 1.29 is 29.3 Å². The Kier molecular flexibility index (Phi) is 3.58. The van der Waals surface area contributed by atoms with Gasteiger partial charge in [-0.3, -0.25) is 9.59 Å². The van der Waals surface area contributed by atoms with Gasteiger partial charge in [0, 0.05) is 29.9 Å². The zero-order chi connectivity index (χ0) is 20.8. The molecule has 152 valence electrons. The van der Waals surface area contributed by atoms with E-state index in [-0.39, 0.29) is 42.0 Å². The summed E-state index contributed by atoms with van der Waals surface area (Å²) in [4.78, 5) is 27.1. The average Bonchev–Trinajstić information content (AvgIpc) is 2.83. The zero-order valence-corrected chi connectivity index (χ0v) is 16.7. The predicted molar refractivity (Wildman–Crippen MR) is 104 cm³/mol. The molecule has 0 radical (unpaired) electrons. The van der Waals surface area contributed by atoms with E-state index in [9.17, 15) is 19.8 Å². The average molecular weight is 396 g/mol. The maximum absolute atomic E-state index is 13.6. The number of fused-ring (bicyclic) bond motifs is 1. The molecule has 1 aromatic carbocycles. The Morgan fingerprint density at radius 1 is 1.31 bits per heavy atom. The number of hydrogen-bond donors (Lipinski definition) is 2. The predicted octanol–water partition coefficient (Wildman–Crippen LogP) is 2.73. The van der Waals surface area contributed by atoms with E-state index in [1.807, 2.05) is 13.8 Å². The number of aromatic hydroxyl groups is 1. The van der Waals surface area contributed by atoms with E-state index < -0.39 is 22.7 Å². The van der Waals surface area contributed by atoms with Crippen LogP contribution in [0.15, 0.2) is 41.5 Å². The Balaban J connectivity index is 1.78. The van der Waals surface area contributed by atoms with Gasteiger partial charge in [0.1, 0.15) is 11.5 Å². The molecule has 1 saturated heterocycles. The van der Waals surface area contributed by atoms with Crippen LogP contribution in [0.4, 0.5) is 0 Å². The first-order valence-corrected chi connectivity index (χ1v) is 9.96. The molecule has 6 nitrogen and oxygen atoms in total. The minimum absolute atomic E-state index is 0.00574. The monoisotopic (exact) mass is 396 g/mol. The van der Waals surface area contributed by atoms with Crippen LogP contribution in [0.3, 0.4) is 0 Å². The number of ether oxygens (including phenoxy) is 2. The second-order valence-electron chi connectivity index (χ2n) is 9.13. The highest BCUT2D eigenvalue weighted by Gasteiger charge is 2.80. The first kappa shape index (κ1) is 18.6. The summed E-state index contributed by atoms with van der Waals surface area (Å²) in [6, 6.07) is 4.45. The largest absolute Gasteiger partial charge is 0.508 e. The molecule has 0 aromatic heterocycles. The van der Waals surface area contributed by atoms with Gasteiger partial charge in [-0.15, -0.1) is 0 Å². The molecule has 1 saturated carbocycles. The van der Waals surface area contributed by atoms with Gasteiger partial charge >= 0.3 is 0 Å². The van der Waals surface area contributed by atoms with Crippen molar-refractivity contribution in [2.75, 3.05) is 6.61 Å². The van der Waals surface area contributed by atoms with Crippen LogP contribution in [-0.2, 0) is 9.53 Å². The summed E-state index contributed by atoms with van der Waals surface area (Å²) in [6.45, 7) is 5.55. The Morgan fingerprint density at radius 2 is 2.07 bits per heavy atom. The van der Waals surface area contributed by atoms with Crippen LogP contribution >= 0.6 is 0 Å². The Hall–Kier alpha value is -2.44. The Labute approximate surface area is 168 Å². The van der Waals surface area contributed by atoms with E-state index in [0.29, 0.717) is 17.6 Å². The minimum atomic E-state index is -1.34. The molecule has 2 fully saturated rings. The lowest BCUT2D eigenvalue weighted by Gasteiger charge is -2.56. The third-order valence-corrected chi connectivity index (χ3v) is 7.07. The topological polar surface area (TPSA) is 93.1 Å². The molecule has 29 heavy (non-hydrogen) atoms. The molecule has 6 heteroatoms. The molecule has 1 spiro atoms. The summed E-state index contributed by atoms with van der Waals surface area (Å²) in [6.07, 6.45) is 4.34. The number of allylic oxidation sites excluding steroid dienone is 1. The molecule has 2 heterocycles. The second-order valence-corrected chi connectivity index (χ2v) is 9.13. The van der Waals surface area contributed by atoms with Crippen molar-refractivity contribution >= 4 is 11.6 Å². The normalized spacial score (nSPS) is 36.4. The van der Waals surface area contributed by atoms with E-state index in [1.54, 1.807) is 25.1 Å². The van der Waals surface area contributed by atoms with Crippen molar-refractivity contribution in [2.45, 2.75) is 50.4 Å². The number of phenols is 1. The summed E-state index contributed by atoms with van der Waals surface area (Å²) in [5.41, 5.74) is -1.68.